The molecule has 0 amide bonds. The van der Waals surface area contributed by atoms with Crippen molar-refractivity contribution >= 4 is 60.8 Å². The van der Waals surface area contributed by atoms with Crippen LogP contribution in [0.2, 0.25) is 0 Å². The number of hydrogen-bond acceptors (Lipinski definition) is 3. The van der Waals surface area contributed by atoms with Gasteiger partial charge in [-0.15, -0.1) is 0 Å². The number of carboxylic acid groups (broad SMARTS) is 1. The van der Waals surface area contributed by atoms with Gasteiger partial charge in [-0.1, -0.05) is 6.92 Å². The summed E-state index contributed by atoms with van der Waals surface area (Å²) in [5.41, 5.74) is 0. The van der Waals surface area contributed by atoms with E-state index >= 15 is 0 Å². The Morgan fingerprint density at radius 1 is 1.42 bits per heavy atom. The fourth-order valence-corrected chi connectivity index (χ4v) is 0.738. The molecule has 0 bridgehead atoms. The topological polar surface area (TPSA) is 63.6 Å². The first-order valence-electron chi connectivity index (χ1n) is 3.35. The molecule has 68 valence electrons. The van der Waals surface area contributed by atoms with Crippen LogP contribution in [0.3, 0.4) is 0 Å². The summed E-state index contributed by atoms with van der Waals surface area (Å²) in [5, 5.41) is 8.32. The van der Waals surface area contributed by atoms with Crippen LogP contribution in [-0.4, -0.2) is 73.0 Å². The molecular weight excluding hydrogens is 285 g/mol. The van der Waals surface area contributed by atoms with E-state index in [9.17, 15) is 9.59 Å². The number of carboxylic acids is 1. The molecule has 0 aliphatic rings. The fourth-order valence-electron chi connectivity index (χ4n) is 0.738. The number of esters is 1. The third-order valence-electron chi connectivity index (χ3n) is 1.27. The Morgan fingerprint density at radius 3 is 2.25 bits per heavy atom. The van der Waals surface area contributed by atoms with Crippen molar-refractivity contribution in [1.29, 1.82) is 0 Å². The van der Waals surface area contributed by atoms with Gasteiger partial charge < -0.3 is 9.84 Å². The zero-order valence-corrected chi connectivity index (χ0v) is 6.66. The van der Waals surface area contributed by atoms with Gasteiger partial charge in [-0.05, 0) is 5.92 Å². The van der Waals surface area contributed by atoms with Crippen molar-refractivity contribution in [3.8, 4) is 0 Å². The predicted octanol–water partition coefficient (Wildman–Crippen LogP) is -0.256. The van der Waals surface area contributed by atoms with Crippen LogP contribution in [0, 0.1) is 5.92 Å². The minimum atomic E-state index is -0.888. The van der Waals surface area contributed by atoms with Gasteiger partial charge in [-0.25, -0.2) is 0 Å². The number of carbonyl (C=O) groups is 2. The average molecular weight is 300 g/mol. The Hall–Kier alpha value is 0.511. The first-order valence-corrected chi connectivity index (χ1v) is 3.35. The average Bonchev–Trinajstić information content (AvgIpc) is 1.85. The van der Waals surface area contributed by atoms with Gasteiger partial charge in [0.15, 0.2) is 0 Å². The number of rotatable bonds is 4. The molecular formula is C7H14BaO4. The van der Waals surface area contributed by atoms with Gasteiger partial charge in [0.05, 0.1) is 7.11 Å². The zero-order chi connectivity index (χ0) is 8.85. The summed E-state index contributed by atoms with van der Waals surface area (Å²) in [6, 6.07) is 0. The minimum absolute atomic E-state index is 0. The van der Waals surface area contributed by atoms with Crippen LogP contribution < -0.4 is 0 Å². The molecule has 0 spiro atoms. The summed E-state index contributed by atoms with van der Waals surface area (Å²) < 4.78 is 4.37. The van der Waals surface area contributed by atoms with Crippen LogP contribution in [0.4, 0.5) is 0 Å². The van der Waals surface area contributed by atoms with Crippen LogP contribution in [0.25, 0.3) is 0 Å². The van der Waals surface area contributed by atoms with Gasteiger partial charge in [0.1, 0.15) is 0 Å². The molecule has 0 rings (SSSR count). The van der Waals surface area contributed by atoms with Crippen molar-refractivity contribution in [2.24, 2.45) is 5.92 Å². The SMILES string of the molecule is COC(=O)CC(C)CC(=O)O.[BaH2]. The maximum absolute atomic E-state index is 10.6. The van der Waals surface area contributed by atoms with Crippen molar-refractivity contribution < 1.29 is 19.4 Å². The molecule has 0 heterocycles. The quantitative estimate of drug-likeness (QED) is 0.574. The second-order valence-corrected chi connectivity index (χ2v) is 2.48. The van der Waals surface area contributed by atoms with E-state index in [-0.39, 0.29) is 73.6 Å². The summed E-state index contributed by atoms with van der Waals surface area (Å²) in [5.74, 6) is -1.40. The molecule has 0 radical (unpaired) electrons. The first kappa shape index (κ1) is 15.0. The van der Waals surface area contributed by atoms with E-state index in [1.165, 1.54) is 7.11 Å². The normalized spacial score (nSPS) is 11.2. The van der Waals surface area contributed by atoms with Gasteiger partial charge in [-0.3, -0.25) is 9.59 Å². The second kappa shape index (κ2) is 8.13. The van der Waals surface area contributed by atoms with Crippen LogP contribution in [0.15, 0.2) is 0 Å². The van der Waals surface area contributed by atoms with E-state index in [1.807, 2.05) is 0 Å². The van der Waals surface area contributed by atoms with Crippen LogP contribution in [0.1, 0.15) is 19.8 Å². The van der Waals surface area contributed by atoms with Gasteiger partial charge in [-0.2, -0.15) is 0 Å². The van der Waals surface area contributed by atoms with E-state index < -0.39 is 5.97 Å². The summed E-state index contributed by atoms with van der Waals surface area (Å²) in [6.07, 6.45) is 0.178. The van der Waals surface area contributed by atoms with Crippen molar-refractivity contribution in [2.75, 3.05) is 7.11 Å². The molecule has 0 saturated heterocycles. The molecule has 12 heavy (non-hydrogen) atoms. The summed E-state index contributed by atoms with van der Waals surface area (Å²) in [7, 11) is 1.29. The first-order chi connectivity index (χ1) is 5.06. The summed E-state index contributed by atoms with van der Waals surface area (Å²) in [6.45, 7) is 1.70. The van der Waals surface area contributed by atoms with E-state index in [0.717, 1.165) is 0 Å². The number of hydrogen-bond donors (Lipinski definition) is 1. The summed E-state index contributed by atoms with van der Waals surface area (Å²) in [4.78, 5) is 20.7. The van der Waals surface area contributed by atoms with Crippen LogP contribution in [0.5, 0.6) is 0 Å². The number of aliphatic carboxylic acids is 1. The molecule has 0 fully saturated rings. The molecule has 1 unspecified atom stereocenters. The van der Waals surface area contributed by atoms with Crippen LogP contribution >= 0.6 is 0 Å². The Labute approximate surface area is 112 Å². The Balaban J connectivity index is 0. The van der Waals surface area contributed by atoms with E-state index in [1.54, 1.807) is 6.92 Å². The van der Waals surface area contributed by atoms with Crippen molar-refractivity contribution in [2.45, 2.75) is 19.8 Å². The molecule has 5 heteroatoms. The van der Waals surface area contributed by atoms with Gasteiger partial charge in [0.25, 0.3) is 0 Å². The van der Waals surface area contributed by atoms with E-state index in [0.29, 0.717) is 0 Å². The number of carbonyl (C=O) groups excluding carboxylic acids is 1. The van der Waals surface area contributed by atoms with Gasteiger partial charge in [0, 0.05) is 12.8 Å². The molecule has 1 N–H and O–H groups in total. The third kappa shape index (κ3) is 8.61. The Bertz CT molecular complexity index is 157. The Morgan fingerprint density at radius 2 is 1.92 bits per heavy atom. The molecule has 0 aromatic heterocycles. The standard InChI is InChI=1S/C7H12O4.Ba.2H/c1-5(3-6(8)9)4-7(10)11-2;;;/h5H,3-4H2,1-2H3,(H,8,9);;;. The molecule has 0 saturated carbocycles. The molecule has 0 aromatic rings. The van der Waals surface area contributed by atoms with E-state index in [4.69, 9.17) is 5.11 Å². The number of methoxy groups -OCH3 is 1. The molecule has 4 nitrogen and oxygen atoms in total. The number of ether oxygens (including phenoxy) is 1. The van der Waals surface area contributed by atoms with Crippen LogP contribution in [-0.2, 0) is 14.3 Å². The molecule has 1 atom stereocenters. The second-order valence-electron chi connectivity index (χ2n) is 2.48. The van der Waals surface area contributed by atoms with Gasteiger partial charge in [0.2, 0.25) is 0 Å². The van der Waals surface area contributed by atoms with Crippen molar-refractivity contribution in [1.82, 2.24) is 0 Å². The third-order valence-corrected chi connectivity index (χ3v) is 1.27. The van der Waals surface area contributed by atoms with Crippen molar-refractivity contribution in [3.05, 3.63) is 0 Å². The van der Waals surface area contributed by atoms with E-state index in [2.05, 4.69) is 4.74 Å². The van der Waals surface area contributed by atoms with Gasteiger partial charge >= 0.3 is 60.8 Å². The monoisotopic (exact) mass is 300 g/mol. The maximum atomic E-state index is 10.6. The Kier molecular flexibility index (Phi) is 10.2. The predicted molar refractivity (Wildman–Crippen MR) is 46.6 cm³/mol. The summed E-state index contributed by atoms with van der Waals surface area (Å²) >= 11 is 0. The molecule has 0 aromatic carbocycles. The van der Waals surface area contributed by atoms with Crippen molar-refractivity contribution in [3.63, 3.8) is 0 Å². The zero-order valence-electron chi connectivity index (χ0n) is 6.66. The molecule has 0 aliphatic heterocycles. The molecule has 0 aliphatic carbocycles. The fraction of sp³-hybridized carbons (Fsp3) is 0.714.